The standard InChI is InChI=1S/C22H25N5O5/c1-13(2)32-22(30)18(8-7-16(28)12-26-24)27-21(29)19(31-3)9-15-11-25-20-14(10-23)5-4-6-17(15)20/h4-6,11-13,18-19,25H,7-9H2,1-3H3,(H,27,29)/t18-,19-/m0/s1. The lowest BCUT2D eigenvalue weighted by molar-refractivity contribution is -0.152. The fraction of sp³-hybridized carbons (Fsp3) is 0.409. The molecule has 1 amide bonds. The smallest absolute Gasteiger partial charge is 0.328 e. The van der Waals surface area contributed by atoms with Gasteiger partial charge in [0.05, 0.1) is 17.2 Å². The predicted molar refractivity (Wildman–Crippen MR) is 115 cm³/mol. The van der Waals surface area contributed by atoms with Crippen LogP contribution in [0.2, 0.25) is 0 Å². The molecule has 168 valence electrons. The first-order valence-electron chi connectivity index (χ1n) is 10.0. The average Bonchev–Trinajstić information content (AvgIpc) is 3.17. The second kappa shape index (κ2) is 11.6. The molecule has 0 aliphatic heterocycles. The van der Waals surface area contributed by atoms with Crippen LogP contribution in [0.5, 0.6) is 0 Å². The molecule has 2 aromatic rings. The van der Waals surface area contributed by atoms with Crippen molar-refractivity contribution in [1.82, 2.24) is 10.3 Å². The third-order valence-corrected chi connectivity index (χ3v) is 4.74. The van der Waals surface area contributed by atoms with Crippen LogP contribution < -0.4 is 5.32 Å². The summed E-state index contributed by atoms with van der Waals surface area (Å²) in [5.74, 6) is -1.73. The fourth-order valence-electron chi connectivity index (χ4n) is 3.20. The van der Waals surface area contributed by atoms with Crippen molar-refractivity contribution in [2.75, 3.05) is 7.11 Å². The molecule has 0 aliphatic carbocycles. The van der Waals surface area contributed by atoms with Crippen LogP contribution in [0.25, 0.3) is 16.4 Å². The van der Waals surface area contributed by atoms with E-state index in [0.717, 1.165) is 17.2 Å². The fourth-order valence-corrected chi connectivity index (χ4v) is 3.20. The number of carbonyl (C=O) groups excluding carboxylic acids is 3. The van der Waals surface area contributed by atoms with Gasteiger partial charge in [-0.2, -0.15) is 10.1 Å². The Bertz CT molecular complexity index is 1080. The molecule has 2 N–H and O–H groups in total. The molecule has 0 saturated carbocycles. The van der Waals surface area contributed by atoms with Gasteiger partial charge in [-0.25, -0.2) is 4.79 Å². The molecular formula is C22H25N5O5. The molecule has 2 rings (SSSR count). The summed E-state index contributed by atoms with van der Waals surface area (Å²) in [7, 11) is 1.38. The zero-order valence-electron chi connectivity index (χ0n) is 18.1. The Balaban J connectivity index is 2.17. The van der Waals surface area contributed by atoms with Gasteiger partial charge in [-0.05, 0) is 31.9 Å². The molecule has 2 atom stereocenters. The number of ether oxygens (including phenoxy) is 2. The number of nitrogens with one attached hydrogen (secondary N) is 2. The number of hydrogen-bond acceptors (Lipinski definition) is 6. The topological polar surface area (TPSA) is 158 Å². The normalized spacial score (nSPS) is 12.5. The Morgan fingerprint density at radius 2 is 2.09 bits per heavy atom. The van der Waals surface area contributed by atoms with Crippen LogP contribution in [-0.2, 0) is 30.3 Å². The maximum Gasteiger partial charge on any atom is 0.328 e. The molecule has 0 radical (unpaired) electrons. The average molecular weight is 439 g/mol. The molecule has 0 unspecified atom stereocenters. The Morgan fingerprint density at radius 1 is 1.34 bits per heavy atom. The van der Waals surface area contributed by atoms with Crippen molar-refractivity contribution in [2.45, 2.75) is 51.4 Å². The molecule has 32 heavy (non-hydrogen) atoms. The monoisotopic (exact) mass is 439 g/mol. The van der Waals surface area contributed by atoms with Crippen molar-refractivity contribution >= 4 is 34.8 Å². The summed E-state index contributed by atoms with van der Waals surface area (Å²) in [6.45, 7) is 3.34. The second-order valence-electron chi connectivity index (χ2n) is 7.38. The maximum absolute atomic E-state index is 12.9. The van der Waals surface area contributed by atoms with E-state index in [1.165, 1.54) is 7.11 Å². The van der Waals surface area contributed by atoms with Crippen molar-refractivity contribution in [1.29, 1.82) is 5.26 Å². The number of ketones is 1. The Morgan fingerprint density at radius 3 is 2.72 bits per heavy atom. The minimum atomic E-state index is -1.08. The number of amides is 1. The molecule has 0 aliphatic rings. The van der Waals surface area contributed by atoms with E-state index in [4.69, 9.17) is 15.0 Å². The minimum absolute atomic E-state index is 0.0306. The van der Waals surface area contributed by atoms with Crippen LogP contribution in [-0.4, -0.2) is 59.0 Å². The van der Waals surface area contributed by atoms with Crippen LogP contribution in [0.1, 0.15) is 37.8 Å². The first kappa shape index (κ1) is 24.5. The van der Waals surface area contributed by atoms with Gasteiger partial charge in [-0.3, -0.25) is 9.59 Å². The number of Topliss-reactive ketones (excluding diaryl/α,β-unsaturated/α-hetero) is 1. The number of hydrogen-bond donors (Lipinski definition) is 2. The van der Waals surface area contributed by atoms with Crippen molar-refractivity contribution in [3.8, 4) is 6.07 Å². The summed E-state index contributed by atoms with van der Waals surface area (Å²) >= 11 is 0. The molecule has 1 aromatic heterocycles. The number of H-pyrrole nitrogens is 1. The van der Waals surface area contributed by atoms with Gasteiger partial charge in [0.25, 0.3) is 0 Å². The number of nitrogens with zero attached hydrogens (tertiary/aromatic N) is 3. The van der Waals surface area contributed by atoms with Crippen molar-refractivity contribution in [2.24, 2.45) is 0 Å². The zero-order valence-corrected chi connectivity index (χ0v) is 18.1. The molecule has 0 spiro atoms. The highest BCUT2D eigenvalue weighted by molar-refractivity contribution is 6.25. The van der Waals surface area contributed by atoms with Gasteiger partial charge in [-0.1, -0.05) is 12.1 Å². The van der Waals surface area contributed by atoms with E-state index in [9.17, 15) is 19.6 Å². The summed E-state index contributed by atoms with van der Waals surface area (Å²) in [6, 6.07) is 6.32. The summed E-state index contributed by atoms with van der Waals surface area (Å²) in [4.78, 5) is 42.6. The molecular weight excluding hydrogens is 414 g/mol. The van der Waals surface area contributed by atoms with E-state index >= 15 is 0 Å². The lowest BCUT2D eigenvalue weighted by atomic mass is 10.0. The SMILES string of the molecule is CO[C@@H](Cc1c[nH]c2c(C#N)cccc12)C(=O)N[C@@H](CCC(=O)C=[N+]=[N-])C(=O)OC(C)C. The third kappa shape index (κ3) is 6.35. The summed E-state index contributed by atoms with van der Waals surface area (Å²) in [6.07, 6.45) is 1.15. The summed E-state index contributed by atoms with van der Waals surface area (Å²) in [5.41, 5.74) is 10.4. The van der Waals surface area contributed by atoms with Gasteiger partial charge in [0.1, 0.15) is 18.2 Å². The number of methoxy groups -OCH3 is 1. The lowest BCUT2D eigenvalue weighted by Crippen LogP contribution is -2.48. The van der Waals surface area contributed by atoms with Gasteiger partial charge < -0.3 is 25.3 Å². The van der Waals surface area contributed by atoms with E-state index in [1.54, 1.807) is 32.2 Å². The molecule has 10 nitrogen and oxygen atoms in total. The maximum atomic E-state index is 12.9. The van der Waals surface area contributed by atoms with Gasteiger partial charge in [0.15, 0.2) is 0 Å². The van der Waals surface area contributed by atoms with Gasteiger partial charge in [0, 0.05) is 31.5 Å². The van der Waals surface area contributed by atoms with Crippen molar-refractivity contribution < 1.29 is 28.6 Å². The molecule has 0 saturated heterocycles. The largest absolute Gasteiger partial charge is 0.461 e. The van der Waals surface area contributed by atoms with Crippen LogP contribution in [0.4, 0.5) is 0 Å². The van der Waals surface area contributed by atoms with E-state index < -0.39 is 35.9 Å². The number of aromatic nitrogens is 1. The highest BCUT2D eigenvalue weighted by atomic mass is 16.5. The quantitative estimate of drug-likeness (QED) is 0.235. The number of fused-ring (bicyclic) bond motifs is 1. The van der Waals surface area contributed by atoms with E-state index in [2.05, 4.69) is 21.2 Å². The number of rotatable bonds is 11. The first-order valence-corrected chi connectivity index (χ1v) is 10.0. The first-order chi connectivity index (χ1) is 15.3. The van der Waals surface area contributed by atoms with E-state index in [0.29, 0.717) is 11.1 Å². The molecule has 0 fully saturated rings. The Labute approximate surface area is 185 Å². The number of para-hydroxylation sites is 1. The van der Waals surface area contributed by atoms with Crippen molar-refractivity contribution in [3.63, 3.8) is 0 Å². The molecule has 10 heteroatoms. The van der Waals surface area contributed by atoms with Crippen molar-refractivity contribution in [3.05, 3.63) is 41.1 Å². The van der Waals surface area contributed by atoms with Crippen LogP contribution in [0, 0.1) is 11.3 Å². The lowest BCUT2D eigenvalue weighted by Gasteiger charge is -2.21. The predicted octanol–water partition coefficient (Wildman–Crippen LogP) is 1.68. The van der Waals surface area contributed by atoms with Crippen LogP contribution in [0.3, 0.4) is 0 Å². The Hall–Kier alpha value is -3.80. The number of nitriles is 1. The zero-order chi connectivity index (χ0) is 23.7. The van der Waals surface area contributed by atoms with Gasteiger partial charge in [0.2, 0.25) is 11.7 Å². The number of aromatic amines is 1. The minimum Gasteiger partial charge on any atom is -0.461 e. The molecule has 1 heterocycles. The van der Waals surface area contributed by atoms with E-state index in [-0.39, 0.29) is 19.3 Å². The second-order valence-corrected chi connectivity index (χ2v) is 7.38. The van der Waals surface area contributed by atoms with Crippen LogP contribution in [0.15, 0.2) is 24.4 Å². The highest BCUT2D eigenvalue weighted by Crippen LogP contribution is 2.23. The molecule has 0 bridgehead atoms. The van der Waals surface area contributed by atoms with Crippen LogP contribution >= 0.6 is 0 Å². The number of benzene rings is 1. The third-order valence-electron chi connectivity index (χ3n) is 4.74. The van der Waals surface area contributed by atoms with E-state index in [1.807, 2.05) is 6.07 Å². The highest BCUT2D eigenvalue weighted by Gasteiger charge is 2.28. The summed E-state index contributed by atoms with van der Waals surface area (Å²) < 4.78 is 10.5. The molecule has 1 aromatic carbocycles. The summed E-state index contributed by atoms with van der Waals surface area (Å²) in [5, 5.41) is 12.6. The number of esters is 1. The number of carbonyl (C=O) groups is 3. The van der Waals surface area contributed by atoms with Gasteiger partial charge >= 0.3 is 12.2 Å². The Kier molecular flexibility index (Phi) is 8.83. The van der Waals surface area contributed by atoms with Gasteiger partial charge in [-0.15, -0.1) is 0 Å².